The van der Waals surface area contributed by atoms with E-state index in [9.17, 15) is 9.18 Å². The van der Waals surface area contributed by atoms with Crippen molar-refractivity contribution in [3.63, 3.8) is 0 Å². The second-order valence-corrected chi connectivity index (χ2v) is 7.95. The van der Waals surface area contributed by atoms with Crippen molar-refractivity contribution in [2.45, 2.75) is 32.7 Å². The summed E-state index contributed by atoms with van der Waals surface area (Å²) >= 11 is 6.44. The Bertz CT molecular complexity index is 1260. The van der Waals surface area contributed by atoms with Crippen molar-refractivity contribution in [2.24, 2.45) is 0 Å². The van der Waals surface area contributed by atoms with Crippen LogP contribution in [0, 0.1) is 5.82 Å². The number of nitrogens with one attached hydrogen (secondary N) is 1. The van der Waals surface area contributed by atoms with E-state index in [-0.39, 0.29) is 23.6 Å². The first-order chi connectivity index (χ1) is 15.9. The van der Waals surface area contributed by atoms with Crippen molar-refractivity contribution in [3.05, 3.63) is 88.8 Å². The quantitative estimate of drug-likeness (QED) is 0.382. The third kappa shape index (κ3) is 5.23. The van der Waals surface area contributed by atoms with E-state index in [0.29, 0.717) is 29.4 Å². The molecule has 1 atom stereocenters. The van der Waals surface area contributed by atoms with Gasteiger partial charge in [-0.3, -0.25) is 19.8 Å². The Morgan fingerprint density at radius 3 is 2.64 bits per heavy atom. The van der Waals surface area contributed by atoms with Crippen molar-refractivity contribution in [3.8, 4) is 11.3 Å². The van der Waals surface area contributed by atoms with Crippen molar-refractivity contribution >= 4 is 23.5 Å². The molecule has 0 aliphatic heterocycles. The summed E-state index contributed by atoms with van der Waals surface area (Å²) in [4.78, 5) is 25.5. The second kappa shape index (κ2) is 9.87. The Hall–Kier alpha value is -3.65. The lowest BCUT2D eigenvalue weighted by atomic mass is 10.0. The zero-order valence-corrected chi connectivity index (χ0v) is 18.9. The molecule has 0 saturated heterocycles. The maximum absolute atomic E-state index is 13.1. The number of anilines is 1. The van der Waals surface area contributed by atoms with Gasteiger partial charge in [0, 0.05) is 35.3 Å². The first kappa shape index (κ1) is 22.5. The number of carbonyl (C=O) groups excluding carboxylic acids is 1. The molecule has 3 aromatic heterocycles. The van der Waals surface area contributed by atoms with Crippen LogP contribution >= 0.6 is 11.6 Å². The standard InChI is InChI=1S/C24H22ClFN6O/c1-3-19-21(29-24(30-22(19)25)31-23(33)16-7-5-4-6-8-16)15(2)13-32-14-17(11-28-32)20-10-9-18(26)12-27-20/h4-12,14-15H,3,13H2,1-2H3,(H,29,30,31,33)/t15-/m0/s1. The highest BCUT2D eigenvalue weighted by Crippen LogP contribution is 2.27. The van der Waals surface area contributed by atoms with Crippen LogP contribution in [0.25, 0.3) is 11.3 Å². The molecule has 0 aliphatic rings. The number of nitrogens with zero attached hydrogens (tertiary/aromatic N) is 5. The van der Waals surface area contributed by atoms with E-state index in [1.165, 1.54) is 12.3 Å². The molecular formula is C24H22ClFN6O. The van der Waals surface area contributed by atoms with Gasteiger partial charge < -0.3 is 0 Å². The van der Waals surface area contributed by atoms with Crippen LogP contribution in [0.3, 0.4) is 0 Å². The van der Waals surface area contributed by atoms with Crippen LogP contribution in [-0.2, 0) is 13.0 Å². The van der Waals surface area contributed by atoms with E-state index in [1.807, 2.05) is 26.1 Å². The lowest BCUT2D eigenvalue weighted by molar-refractivity contribution is 0.102. The smallest absolute Gasteiger partial charge is 0.258 e. The molecule has 168 valence electrons. The fourth-order valence-corrected chi connectivity index (χ4v) is 3.85. The van der Waals surface area contributed by atoms with Gasteiger partial charge in [-0.1, -0.05) is 43.6 Å². The van der Waals surface area contributed by atoms with Gasteiger partial charge in [-0.2, -0.15) is 5.10 Å². The van der Waals surface area contributed by atoms with Crippen molar-refractivity contribution in [2.75, 3.05) is 5.32 Å². The van der Waals surface area contributed by atoms with Crippen molar-refractivity contribution in [1.29, 1.82) is 0 Å². The highest BCUT2D eigenvalue weighted by Gasteiger charge is 2.19. The predicted octanol–water partition coefficient (Wildman–Crippen LogP) is 5.15. The Labute approximate surface area is 195 Å². The summed E-state index contributed by atoms with van der Waals surface area (Å²) in [5.41, 5.74) is 3.51. The third-order valence-corrected chi connectivity index (χ3v) is 5.50. The van der Waals surface area contributed by atoms with Gasteiger partial charge in [-0.05, 0) is 30.7 Å². The number of amides is 1. The fourth-order valence-electron chi connectivity index (χ4n) is 3.54. The van der Waals surface area contributed by atoms with Crippen LogP contribution in [0.4, 0.5) is 10.3 Å². The summed E-state index contributed by atoms with van der Waals surface area (Å²) in [5.74, 6) is -0.605. The maximum atomic E-state index is 13.1. The number of hydrogen-bond donors (Lipinski definition) is 1. The van der Waals surface area contributed by atoms with E-state index in [1.54, 1.807) is 41.2 Å². The summed E-state index contributed by atoms with van der Waals surface area (Å²) in [7, 11) is 0. The maximum Gasteiger partial charge on any atom is 0.258 e. The molecule has 1 amide bonds. The second-order valence-electron chi connectivity index (χ2n) is 7.59. The van der Waals surface area contributed by atoms with Gasteiger partial charge in [-0.15, -0.1) is 0 Å². The topological polar surface area (TPSA) is 85.6 Å². The molecule has 9 heteroatoms. The van der Waals surface area contributed by atoms with E-state index < -0.39 is 0 Å². The zero-order chi connectivity index (χ0) is 23.4. The van der Waals surface area contributed by atoms with Gasteiger partial charge in [0.1, 0.15) is 11.0 Å². The minimum absolute atomic E-state index is 0.0678. The Balaban J connectivity index is 1.56. The van der Waals surface area contributed by atoms with Gasteiger partial charge in [0.05, 0.1) is 23.8 Å². The van der Waals surface area contributed by atoms with E-state index in [4.69, 9.17) is 11.6 Å². The van der Waals surface area contributed by atoms with Crippen LogP contribution in [0.15, 0.2) is 61.1 Å². The van der Waals surface area contributed by atoms with Crippen molar-refractivity contribution < 1.29 is 9.18 Å². The van der Waals surface area contributed by atoms with Gasteiger partial charge in [-0.25, -0.2) is 14.4 Å². The van der Waals surface area contributed by atoms with E-state index in [0.717, 1.165) is 16.8 Å². The molecule has 1 aromatic carbocycles. The molecule has 7 nitrogen and oxygen atoms in total. The number of aromatic nitrogens is 5. The Kier molecular flexibility index (Phi) is 6.74. The number of carbonyl (C=O) groups is 1. The summed E-state index contributed by atoms with van der Waals surface area (Å²) in [5, 5.41) is 7.45. The number of halogens is 2. The van der Waals surface area contributed by atoms with Gasteiger partial charge in [0.25, 0.3) is 5.91 Å². The third-order valence-electron chi connectivity index (χ3n) is 5.19. The molecule has 0 unspecified atom stereocenters. The van der Waals surface area contributed by atoms with Gasteiger partial charge in [0.2, 0.25) is 5.95 Å². The molecule has 0 saturated carbocycles. The molecule has 0 spiro atoms. The minimum Gasteiger partial charge on any atom is -0.290 e. The molecular weight excluding hydrogens is 443 g/mol. The monoisotopic (exact) mass is 464 g/mol. The summed E-state index contributed by atoms with van der Waals surface area (Å²) in [6, 6.07) is 11.8. The molecule has 4 aromatic rings. The largest absolute Gasteiger partial charge is 0.290 e. The Morgan fingerprint density at radius 2 is 1.94 bits per heavy atom. The van der Waals surface area contributed by atoms with Crippen LogP contribution in [0.1, 0.15) is 41.4 Å². The number of benzene rings is 1. The summed E-state index contributed by atoms with van der Waals surface area (Å²) < 4.78 is 14.9. The van der Waals surface area contributed by atoms with Crippen LogP contribution in [0.5, 0.6) is 0 Å². The molecule has 3 heterocycles. The summed E-state index contributed by atoms with van der Waals surface area (Å²) in [6.07, 6.45) is 5.36. The molecule has 0 bridgehead atoms. The predicted molar refractivity (Wildman–Crippen MR) is 125 cm³/mol. The van der Waals surface area contributed by atoms with Crippen molar-refractivity contribution in [1.82, 2.24) is 24.7 Å². The molecule has 0 radical (unpaired) electrons. The molecule has 1 N–H and O–H groups in total. The fraction of sp³-hybridized carbons (Fsp3) is 0.208. The number of pyridine rings is 1. The first-order valence-electron chi connectivity index (χ1n) is 10.5. The SMILES string of the molecule is CCc1c(Cl)nc(NC(=O)c2ccccc2)nc1[C@@H](C)Cn1cc(-c2ccc(F)cn2)cn1. The highest BCUT2D eigenvalue weighted by atomic mass is 35.5. The Morgan fingerprint density at radius 1 is 1.15 bits per heavy atom. The van der Waals surface area contributed by atoms with Gasteiger partial charge in [0.15, 0.2) is 0 Å². The number of hydrogen-bond acceptors (Lipinski definition) is 5. The van der Waals surface area contributed by atoms with Crippen LogP contribution in [0.2, 0.25) is 5.15 Å². The zero-order valence-electron chi connectivity index (χ0n) is 18.2. The first-order valence-corrected chi connectivity index (χ1v) is 10.9. The van der Waals surface area contributed by atoms with Gasteiger partial charge >= 0.3 is 0 Å². The average Bonchev–Trinajstić information content (AvgIpc) is 3.28. The van der Waals surface area contributed by atoms with Crippen LogP contribution in [-0.4, -0.2) is 30.6 Å². The van der Waals surface area contributed by atoms with Crippen LogP contribution < -0.4 is 5.32 Å². The lowest BCUT2D eigenvalue weighted by Gasteiger charge is -2.17. The average molecular weight is 465 g/mol. The lowest BCUT2D eigenvalue weighted by Crippen LogP contribution is -2.17. The highest BCUT2D eigenvalue weighted by molar-refractivity contribution is 6.30. The minimum atomic E-state index is -0.386. The molecule has 0 aliphatic carbocycles. The molecule has 33 heavy (non-hydrogen) atoms. The molecule has 4 rings (SSSR count). The molecule has 0 fully saturated rings. The summed E-state index contributed by atoms with van der Waals surface area (Å²) in [6.45, 7) is 4.51. The normalized spacial score (nSPS) is 11.9. The number of rotatable bonds is 7. The van der Waals surface area contributed by atoms with E-state index >= 15 is 0 Å². The van der Waals surface area contributed by atoms with E-state index in [2.05, 4.69) is 25.4 Å².